The summed E-state index contributed by atoms with van der Waals surface area (Å²) < 4.78 is 5.90. The Kier molecular flexibility index (Phi) is 3.35. The predicted molar refractivity (Wildman–Crippen MR) is 104 cm³/mol. The molecule has 1 aliphatic carbocycles. The van der Waals surface area contributed by atoms with Crippen molar-refractivity contribution in [3.63, 3.8) is 0 Å². The van der Waals surface area contributed by atoms with Gasteiger partial charge in [0.25, 0.3) is 5.91 Å². The van der Waals surface area contributed by atoms with Gasteiger partial charge in [0, 0.05) is 28.6 Å². The van der Waals surface area contributed by atoms with Crippen LogP contribution in [0.4, 0.5) is 0 Å². The summed E-state index contributed by atoms with van der Waals surface area (Å²) in [5, 5.41) is 2.20. The first-order valence-electron chi connectivity index (χ1n) is 9.11. The molecule has 26 heavy (non-hydrogen) atoms. The number of rotatable bonds is 2. The number of benzene rings is 2. The number of likely N-dealkylation sites (N-methyl/N-ethyl adjacent to an activating group) is 1. The first kappa shape index (κ1) is 15.2. The largest absolute Gasteiger partial charge is 0.456 e. The van der Waals surface area contributed by atoms with E-state index in [1.807, 2.05) is 48.2 Å². The summed E-state index contributed by atoms with van der Waals surface area (Å²) in [6, 6.07) is 14.2. The Balaban J connectivity index is 1.66. The lowest BCUT2D eigenvalue weighted by atomic mass is 9.96. The summed E-state index contributed by atoms with van der Waals surface area (Å²) in [7, 11) is 0. The number of furan rings is 1. The highest BCUT2D eigenvalue weighted by Gasteiger charge is 2.33. The van der Waals surface area contributed by atoms with Crippen LogP contribution >= 0.6 is 0 Å². The number of hydrogen-bond acceptors (Lipinski definition) is 2. The molecule has 0 spiro atoms. The lowest BCUT2D eigenvalue weighted by molar-refractivity contribution is -0.123. The molecule has 2 aromatic carbocycles. The molecule has 0 unspecified atom stereocenters. The topological polar surface area (TPSA) is 33.5 Å². The summed E-state index contributed by atoms with van der Waals surface area (Å²) in [5.74, 6) is 0.112. The minimum absolute atomic E-state index is 0.112. The highest BCUT2D eigenvalue weighted by molar-refractivity contribution is 6.09. The molecule has 0 fully saturated rings. The van der Waals surface area contributed by atoms with Gasteiger partial charge in [-0.1, -0.05) is 30.3 Å². The molecule has 0 radical (unpaired) electrons. The van der Waals surface area contributed by atoms with E-state index >= 15 is 0 Å². The van der Waals surface area contributed by atoms with Crippen molar-refractivity contribution in [2.24, 2.45) is 0 Å². The number of amides is 1. The third-order valence-electron chi connectivity index (χ3n) is 5.27. The zero-order valence-corrected chi connectivity index (χ0v) is 14.7. The van der Waals surface area contributed by atoms with Gasteiger partial charge < -0.3 is 9.32 Å². The van der Waals surface area contributed by atoms with Gasteiger partial charge in [0.1, 0.15) is 11.2 Å². The molecular weight excluding hydrogens is 322 g/mol. The fourth-order valence-corrected chi connectivity index (χ4v) is 4.02. The number of carbonyl (C=O) groups is 1. The molecule has 3 heteroatoms. The summed E-state index contributed by atoms with van der Waals surface area (Å²) >= 11 is 0. The Bertz CT molecular complexity index is 1140. The van der Waals surface area contributed by atoms with Crippen LogP contribution < -0.4 is 0 Å². The molecule has 0 saturated carbocycles. The molecule has 2 aliphatic rings. The standard InChI is InChI=1S/C23H19NO2/c1-2-24-20-9-5-3-7-16(20)19(23(24)25)14-15-11-12-22-18(13-15)17-8-4-6-10-21(17)26-22/h4-6,8-14H,2-3,7H2,1H3/b19-14-. The fraction of sp³-hybridized carbons (Fsp3) is 0.174. The number of hydrogen-bond donors (Lipinski definition) is 0. The van der Waals surface area contributed by atoms with Crippen molar-refractivity contribution in [2.45, 2.75) is 19.8 Å². The molecule has 1 aromatic heterocycles. The summed E-state index contributed by atoms with van der Waals surface area (Å²) in [6.07, 6.45) is 8.20. The van der Waals surface area contributed by atoms with Crippen molar-refractivity contribution in [2.75, 3.05) is 6.54 Å². The van der Waals surface area contributed by atoms with Gasteiger partial charge in [0.2, 0.25) is 0 Å². The lowest BCUT2D eigenvalue weighted by Crippen LogP contribution is -2.24. The van der Waals surface area contributed by atoms with E-state index < -0.39 is 0 Å². The maximum atomic E-state index is 12.9. The summed E-state index contributed by atoms with van der Waals surface area (Å²) in [5.41, 5.74) is 5.89. The van der Waals surface area contributed by atoms with Gasteiger partial charge in [0.15, 0.2) is 0 Å². The number of carbonyl (C=O) groups excluding carboxylic acids is 1. The Morgan fingerprint density at radius 1 is 1.12 bits per heavy atom. The molecule has 3 aromatic rings. The zero-order valence-electron chi connectivity index (χ0n) is 14.7. The van der Waals surface area contributed by atoms with E-state index in [-0.39, 0.29) is 5.91 Å². The first-order chi connectivity index (χ1) is 12.8. The van der Waals surface area contributed by atoms with Crippen LogP contribution in [0.25, 0.3) is 28.0 Å². The number of allylic oxidation sites excluding steroid dienone is 2. The molecule has 0 bridgehead atoms. The van der Waals surface area contributed by atoms with Crippen molar-refractivity contribution in [1.82, 2.24) is 4.90 Å². The quantitative estimate of drug-likeness (QED) is 0.582. The summed E-state index contributed by atoms with van der Waals surface area (Å²) in [4.78, 5) is 14.8. The van der Waals surface area contributed by atoms with Gasteiger partial charge in [-0.2, -0.15) is 0 Å². The summed E-state index contributed by atoms with van der Waals surface area (Å²) in [6.45, 7) is 2.72. The Hall–Kier alpha value is -3.07. The third-order valence-corrected chi connectivity index (χ3v) is 5.27. The van der Waals surface area contributed by atoms with Crippen LogP contribution in [-0.4, -0.2) is 17.4 Å². The van der Waals surface area contributed by atoms with Crippen molar-refractivity contribution >= 4 is 33.9 Å². The van der Waals surface area contributed by atoms with Gasteiger partial charge in [0.05, 0.1) is 0 Å². The number of para-hydroxylation sites is 1. The van der Waals surface area contributed by atoms with E-state index in [4.69, 9.17) is 4.42 Å². The van der Waals surface area contributed by atoms with Crippen molar-refractivity contribution in [3.8, 4) is 0 Å². The van der Waals surface area contributed by atoms with Crippen LogP contribution in [0.3, 0.4) is 0 Å². The zero-order chi connectivity index (χ0) is 17.7. The van der Waals surface area contributed by atoms with E-state index in [0.29, 0.717) is 6.54 Å². The maximum Gasteiger partial charge on any atom is 0.258 e. The van der Waals surface area contributed by atoms with E-state index in [1.54, 1.807) is 0 Å². The fourth-order valence-electron chi connectivity index (χ4n) is 4.02. The molecule has 1 amide bonds. The maximum absolute atomic E-state index is 12.9. The van der Waals surface area contributed by atoms with Crippen molar-refractivity contribution in [3.05, 3.63) is 77.0 Å². The molecule has 0 atom stereocenters. The van der Waals surface area contributed by atoms with E-state index in [9.17, 15) is 4.79 Å². The van der Waals surface area contributed by atoms with Gasteiger partial charge in [-0.05, 0) is 61.3 Å². The molecule has 3 nitrogen and oxygen atoms in total. The minimum atomic E-state index is 0.112. The smallest absolute Gasteiger partial charge is 0.258 e. The van der Waals surface area contributed by atoms with Crippen LogP contribution in [0.15, 0.2) is 75.9 Å². The number of nitrogens with zero attached hydrogens (tertiary/aromatic N) is 1. The van der Waals surface area contributed by atoms with E-state index in [0.717, 1.165) is 51.6 Å². The first-order valence-corrected chi connectivity index (χ1v) is 9.11. The molecule has 2 heterocycles. The molecule has 1 aliphatic heterocycles. The normalized spacial score (nSPS) is 18.6. The van der Waals surface area contributed by atoms with Crippen LogP contribution in [0.5, 0.6) is 0 Å². The average Bonchev–Trinajstić information content (AvgIpc) is 3.17. The van der Waals surface area contributed by atoms with Crippen LogP contribution in [0, 0.1) is 0 Å². The minimum Gasteiger partial charge on any atom is -0.456 e. The second-order valence-corrected chi connectivity index (χ2v) is 6.77. The average molecular weight is 341 g/mol. The van der Waals surface area contributed by atoms with Crippen molar-refractivity contribution in [1.29, 1.82) is 0 Å². The second-order valence-electron chi connectivity index (χ2n) is 6.77. The monoisotopic (exact) mass is 341 g/mol. The molecular formula is C23H19NO2. The third kappa shape index (κ3) is 2.17. The van der Waals surface area contributed by atoms with Gasteiger partial charge >= 0.3 is 0 Å². The van der Waals surface area contributed by atoms with Crippen LogP contribution in [-0.2, 0) is 4.79 Å². The Morgan fingerprint density at radius 3 is 2.85 bits per heavy atom. The molecule has 0 saturated heterocycles. The molecule has 5 rings (SSSR count). The second kappa shape index (κ2) is 5.73. The van der Waals surface area contributed by atoms with Crippen LogP contribution in [0.2, 0.25) is 0 Å². The highest BCUT2D eigenvalue weighted by Crippen LogP contribution is 2.37. The van der Waals surface area contributed by atoms with Crippen LogP contribution in [0.1, 0.15) is 25.3 Å². The lowest BCUT2D eigenvalue weighted by Gasteiger charge is -2.16. The predicted octanol–water partition coefficient (Wildman–Crippen LogP) is 5.44. The SMILES string of the molecule is CCN1C(=O)/C(=C\c2ccc3oc4ccccc4c3c2)C2=C1C=CCC2. The van der Waals surface area contributed by atoms with Gasteiger partial charge in [-0.15, -0.1) is 0 Å². The molecule has 128 valence electrons. The van der Waals surface area contributed by atoms with E-state index in [1.165, 1.54) is 5.57 Å². The number of fused-ring (bicyclic) bond motifs is 3. The molecule has 0 N–H and O–H groups in total. The Labute approximate surface area is 151 Å². The van der Waals surface area contributed by atoms with Gasteiger partial charge in [-0.25, -0.2) is 0 Å². The van der Waals surface area contributed by atoms with Crippen molar-refractivity contribution < 1.29 is 9.21 Å². The Morgan fingerprint density at radius 2 is 1.96 bits per heavy atom. The van der Waals surface area contributed by atoms with E-state index in [2.05, 4.69) is 24.3 Å². The highest BCUT2D eigenvalue weighted by atomic mass is 16.3. The van der Waals surface area contributed by atoms with Gasteiger partial charge in [-0.3, -0.25) is 4.79 Å².